The minimum absolute atomic E-state index is 0.0240. The second-order valence-electron chi connectivity index (χ2n) is 5.35. The van der Waals surface area contributed by atoms with E-state index in [0.29, 0.717) is 5.39 Å². The van der Waals surface area contributed by atoms with Crippen LogP contribution in [0.15, 0.2) is 41.6 Å². The maximum absolute atomic E-state index is 12.5. The topological polar surface area (TPSA) is 79.3 Å². The normalized spacial score (nSPS) is 13.6. The SMILES string of the molecule is CCC(CC)C(O)CNS(=O)(=O)c1cccc2cnccc12. The molecule has 2 aromatic rings. The fourth-order valence-electron chi connectivity index (χ4n) is 2.60. The summed E-state index contributed by atoms with van der Waals surface area (Å²) in [4.78, 5) is 4.21. The van der Waals surface area contributed by atoms with Crippen LogP contribution in [0, 0.1) is 5.92 Å². The van der Waals surface area contributed by atoms with Crippen molar-refractivity contribution in [1.82, 2.24) is 9.71 Å². The fraction of sp³-hybridized carbons (Fsp3) is 0.438. The van der Waals surface area contributed by atoms with Crippen LogP contribution in [0.1, 0.15) is 26.7 Å². The summed E-state index contributed by atoms with van der Waals surface area (Å²) in [6, 6.07) is 6.76. The molecule has 0 saturated carbocycles. The Morgan fingerprint density at radius 1 is 1.23 bits per heavy atom. The molecule has 1 aromatic heterocycles. The number of nitrogens with zero attached hydrogens (tertiary/aromatic N) is 1. The van der Waals surface area contributed by atoms with Crippen molar-refractivity contribution < 1.29 is 13.5 Å². The molecule has 1 unspecified atom stereocenters. The smallest absolute Gasteiger partial charge is 0.241 e. The van der Waals surface area contributed by atoms with Gasteiger partial charge >= 0.3 is 0 Å². The first-order valence-corrected chi connectivity index (χ1v) is 8.98. The predicted octanol–water partition coefficient (Wildman–Crippen LogP) is 2.31. The van der Waals surface area contributed by atoms with E-state index >= 15 is 0 Å². The number of nitrogens with one attached hydrogen (secondary N) is 1. The van der Waals surface area contributed by atoms with Gasteiger partial charge in [-0.05, 0) is 18.1 Å². The van der Waals surface area contributed by atoms with E-state index in [2.05, 4.69) is 9.71 Å². The van der Waals surface area contributed by atoms with Gasteiger partial charge in [0.05, 0.1) is 11.0 Å². The van der Waals surface area contributed by atoms with Crippen LogP contribution >= 0.6 is 0 Å². The lowest BCUT2D eigenvalue weighted by Crippen LogP contribution is -2.36. The molecule has 0 fully saturated rings. The summed E-state index contributed by atoms with van der Waals surface area (Å²) < 4.78 is 27.5. The number of pyridine rings is 1. The maximum Gasteiger partial charge on any atom is 0.241 e. The van der Waals surface area contributed by atoms with Gasteiger partial charge in [-0.15, -0.1) is 0 Å². The lowest BCUT2D eigenvalue weighted by atomic mass is 9.97. The number of benzene rings is 1. The van der Waals surface area contributed by atoms with E-state index in [4.69, 9.17) is 0 Å². The molecule has 120 valence electrons. The van der Waals surface area contributed by atoms with Crippen LogP contribution in [0.3, 0.4) is 0 Å². The summed E-state index contributed by atoms with van der Waals surface area (Å²) in [5, 5.41) is 11.5. The molecule has 1 atom stereocenters. The minimum Gasteiger partial charge on any atom is -0.391 e. The van der Waals surface area contributed by atoms with Crippen molar-refractivity contribution in [3.63, 3.8) is 0 Å². The lowest BCUT2D eigenvalue weighted by molar-refractivity contribution is 0.107. The summed E-state index contributed by atoms with van der Waals surface area (Å²) in [5.74, 6) is 0.0967. The molecular formula is C16H22N2O3S. The summed E-state index contributed by atoms with van der Waals surface area (Å²) in [6.07, 6.45) is 4.16. The Morgan fingerprint density at radius 3 is 2.64 bits per heavy atom. The van der Waals surface area contributed by atoms with Gasteiger partial charge in [-0.25, -0.2) is 13.1 Å². The van der Waals surface area contributed by atoms with E-state index in [0.717, 1.165) is 18.2 Å². The Labute approximate surface area is 131 Å². The predicted molar refractivity (Wildman–Crippen MR) is 87.0 cm³/mol. The number of aliphatic hydroxyl groups excluding tert-OH is 1. The third kappa shape index (κ3) is 3.63. The van der Waals surface area contributed by atoms with Crippen LogP contribution in [0.2, 0.25) is 0 Å². The highest BCUT2D eigenvalue weighted by Crippen LogP contribution is 2.22. The van der Waals surface area contributed by atoms with E-state index in [9.17, 15) is 13.5 Å². The number of aromatic nitrogens is 1. The zero-order valence-corrected chi connectivity index (χ0v) is 13.7. The number of aliphatic hydroxyl groups is 1. The van der Waals surface area contributed by atoms with Gasteiger partial charge in [0.15, 0.2) is 0 Å². The summed E-state index contributed by atoms with van der Waals surface area (Å²) >= 11 is 0. The van der Waals surface area contributed by atoms with Gasteiger partial charge in [0.2, 0.25) is 10.0 Å². The standard InChI is InChI=1S/C16H22N2O3S/c1-3-12(4-2)15(19)11-18-22(20,21)16-7-5-6-13-10-17-9-8-14(13)16/h5-10,12,15,18-19H,3-4,11H2,1-2H3. The van der Waals surface area contributed by atoms with Gasteiger partial charge in [-0.1, -0.05) is 38.8 Å². The van der Waals surface area contributed by atoms with Gasteiger partial charge in [-0.3, -0.25) is 4.98 Å². The van der Waals surface area contributed by atoms with Gasteiger partial charge in [-0.2, -0.15) is 0 Å². The summed E-state index contributed by atoms with van der Waals surface area (Å²) in [5.41, 5.74) is 0. The van der Waals surface area contributed by atoms with E-state index < -0.39 is 16.1 Å². The number of hydrogen-bond acceptors (Lipinski definition) is 4. The van der Waals surface area contributed by atoms with Crippen molar-refractivity contribution in [2.75, 3.05) is 6.54 Å². The Bertz CT molecular complexity index is 722. The summed E-state index contributed by atoms with van der Waals surface area (Å²) in [6.45, 7) is 4.00. The molecule has 0 aliphatic carbocycles. The molecule has 0 aliphatic rings. The van der Waals surface area contributed by atoms with Gasteiger partial charge < -0.3 is 5.11 Å². The van der Waals surface area contributed by atoms with Crippen molar-refractivity contribution in [3.05, 3.63) is 36.7 Å². The molecule has 0 aliphatic heterocycles. The van der Waals surface area contributed by atoms with Crippen molar-refractivity contribution in [2.45, 2.75) is 37.7 Å². The van der Waals surface area contributed by atoms with Gasteiger partial charge in [0.25, 0.3) is 0 Å². The van der Waals surface area contributed by atoms with Crippen LogP contribution in [-0.2, 0) is 10.0 Å². The molecule has 6 heteroatoms. The molecule has 0 saturated heterocycles. The van der Waals surface area contributed by atoms with Crippen LogP contribution < -0.4 is 4.72 Å². The monoisotopic (exact) mass is 322 g/mol. The molecular weight excluding hydrogens is 300 g/mol. The Hall–Kier alpha value is -1.50. The Balaban J connectivity index is 2.23. The highest BCUT2D eigenvalue weighted by atomic mass is 32.2. The number of fused-ring (bicyclic) bond motifs is 1. The number of hydrogen-bond donors (Lipinski definition) is 2. The van der Waals surface area contributed by atoms with Gasteiger partial charge in [0.1, 0.15) is 0 Å². The van der Waals surface area contributed by atoms with Crippen molar-refractivity contribution >= 4 is 20.8 Å². The van der Waals surface area contributed by atoms with Crippen LogP contribution in [-0.4, -0.2) is 31.2 Å². The second-order valence-corrected chi connectivity index (χ2v) is 7.08. The Morgan fingerprint density at radius 2 is 1.95 bits per heavy atom. The molecule has 0 bridgehead atoms. The molecule has 0 radical (unpaired) electrons. The molecule has 1 heterocycles. The third-order valence-electron chi connectivity index (χ3n) is 4.01. The highest BCUT2D eigenvalue weighted by molar-refractivity contribution is 7.89. The van der Waals surface area contributed by atoms with Crippen molar-refractivity contribution in [3.8, 4) is 0 Å². The maximum atomic E-state index is 12.5. The first-order chi connectivity index (χ1) is 10.5. The van der Waals surface area contributed by atoms with Crippen LogP contribution in [0.5, 0.6) is 0 Å². The van der Waals surface area contributed by atoms with E-state index in [-0.39, 0.29) is 17.4 Å². The molecule has 0 amide bonds. The first kappa shape index (κ1) is 16.9. The first-order valence-electron chi connectivity index (χ1n) is 7.50. The Kier molecular flexibility index (Phi) is 5.50. The van der Waals surface area contributed by atoms with Crippen molar-refractivity contribution in [1.29, 1.82) is 0 Å². The highest BCUT2D eigenvalue weighted by Gasteiger charge is 2.21. The molecule has 2 N–H and O–H groups in total. The number of rotatable bonds is 7. The zero-order chi connectivity index (χ0) is 16.2. The van der Waals surface area contributed by atoms with Gasteiger partial charge in [0, 0.05) is 29.7 Å². The molecule has 22 heavy (non-hydrogen) atoms. The second kappa shape index (κ2) is 7.17. The molecule has 5 nitrogen and oxygen atoms in total. The van der Waals surface area contributed by atoms with E-state index in [1.54, 1.807) is 30.6 Å². The average molecular weight is 322 g/mol. The van der Waals surface area contributed by atoms with E-state index in [1.165, 1.54) is 0 Å². The largest absolute Gasteiger partial charge is 0.391 e. The molecule has 1 aromatic carbocycles. The van der Waals surface area contributed by atoms with E-state index in [1.807, 2.05) is 19.9 Å². The average Bonchev–Trinajstić information content (AvgIpc) is 2.53. The number of sulfonamides is 1. The van der Waals surface area contributed by atoms with Crippen LogP contribution in [0.4, 0.5) is 0 Å². The zero-order valence-electron chi connectivity index (χ0n) is 12.9. The molecule has 2 rings (SSSR count). The molecule has 0 spiro atoms. The van der Waals surface area contributed by atoms with Crippen molar-refractivity contribution in [2.24, 2.45) is 5.92 Å². The summed E-state index contributed by atoms with van der Waals surface area (Å²) in [7, 11) is -3.67. The fourth-order valence-corrected chi connectivity index (χ4v) is 3.88. The lowest BCUT2D eigenvalue weighted by Gasteiger charge is -2.20. The minimum atomic E-state index is -3.67. The quantitative estimate of drug-likeness (QED) is 0.820. The van der Waals surface area contributed by atoms with Crippen LogP contribution in [0.25, 0.3) is 10.8 Å². The third-order valence-corrected chi connectivity index (χ3v) is 5.49.